The molecule has 0 amide bonds. The Morgan fingerprint density at radius 2 is 2.05 bits per heavy atom. The highest BCUT2D eigenvalue weighted by molar-refractivity contribution is 5.86. The summed E-state index contributed by atoms with van der Waals surface area (Å²) in [5.74, 6) is -0.638. The van der Waals surface area contributed by atoms with Crippen molar-refractivity contribution in [1.29, 1.82) is 0 Å². The highest BCUT2D eigenvalue weighted by Crippen LogP contribution is 2.24. The molecule has 2 N–H and O–H groups in total. The van der Waals surface area contributed by atoms with E-state index in [-0.39, 0.29) is 5.76 Å². The second-order valence-electron chi connectivity index (χ2n) is 4.68. The molecule has 2 rings (SSSR count). The number of carboxylic acid groups (broad SMARTS) is 1. The molecule has 2 aromatic rings. The van der Waals surface area contributed by atoms with E-state index in [4.69, 9.17) is 9.52 Å². The van der Waals surface area contributed by atoms with Crippen LogP contribution in [0.25, 0.3) is 0 Å². The molecule has 0 bridgehead atoms. The number of furan rings is 1. The maximum absolute atomic E-state index is 10.9. The van der Waals surface area contributed by atoms with E-state index in [0.717, 1.165) is 5.69 Å². The molecule has 0 radical (unpaired) electrons. The zero-order valence-corrected chi connectivity index (χ0v) is 11.0. The molecule has 100 valence electrons. The Bertz CT molecular complexity index is 572. The zero-order chi connectivity index (χ0) is 13.8. The molecular formula is C15H17NO3. The van der Waals surface area contributed by atoms with Gasteiger partial charge in [0.25, 0.3) is 0 Å². The van der Waals surface area contributed by atoms with Gasteiger partial charge in [-0.2, -0.15) is 0 Å². The third-order valence-corrected chi connectivity index (χ3v) is 2.99. The molecule has 1 aromatic carbocycles. The molecule has 4 nitrogen and oxygen atoms in total. The van der Waals surface area contributed by atoms with Gasteiger partial charge in [-0.15, -0.1) is 0 Å². The van der Waals surface area contributed by atoms with Crippen LogP contribution >= 0.6 is 0 Å². The number of para-hydroxylation sites is 1. The van der Waals surface area contributed by atoms with Gasteiger partial charge in [-0.25, -0.2) is 4.79 Å². The van der Waals surface area contributed by atoms with Crippen molar-refractivity contribution in [3.05, 3.63) is 53.5 Å². The second-order valence-corrected chi connectivity index (χ2v) is 4.68. The number of carbonyl (C=O) groups is 1. The van der Waals surface area contributed by atoms with Crippen LogP contribution in [0.1, 0.15) is 41.4 Å². The van der Waals surface area contributed by atoms with E-state index in [2.05, 4.69) is 25.2 Å². The normalized spacial score (nSPS) is 10.7. The molecule has 1 heterocycles. The van der Waals surface area contributed by atoms with Crippen LogP contribution in [0.5, 0.6) is 0 Å². The van der Waals surface area contributed by atoms with Crippen LogP contribution in [0.3, 0.4) is 0 Å². The first-order chi connectivity index (χ1) is 9.09. The third-order valence-electron chi connectivity index (χ3n) is 2.99. The molecule has 0 aliphatic carbocycles. The summed E-state index contributed by atoms with van der Waals surface area (Å²) >= 11 is 0. The fraction of sp³-hybridized carbons (Fsp3) is 0.267. The standard InChI is InChI=1S/C15H17NO3/c1-10(2)12-5-3-4-6-13(12)16-9-11-7-8-19-14(11)15(17)18/h3-8,10,16H,9H2,1-2H3,(H,17,18). The van der Waals surface area contributed by atoms with E-state index < -0.39 is 5.97 Å². The summed E-state index contributed by atoms with van der Waals surface area (Å²) in [6.07, 6.45) is 1.40. The molecule has 19 heavy (non-hydrogen) atoms. The smallest absolute Gasteiger partial charge is 0.372 e. The van der Waals surface area contributed by atoms with E-state index in [1.54, 1.807) is 6.07 Å². The zero-order valence-electron chi connectivity index (χ0n) is 11.0. The Kier molecular flexibility index (Phi) is 3.90. The fourth-order valence-electron chi connectivity index (χ4n) is 2.01. The predicted octanol–water partition coefficient (Wildman–Crippen LogP) is 3.71. The number of anilines is 1. The van der Waals surface area contributed by atoms with Crippen molar-refractivity contribution in [1.82, 2.24) is 0 Å². The lowest BCUT2D eigenvalue weighted by atomic mass is 10.0. The molecule has 0 aliphatic heterocycles. The van der Waals surface area contributed by atoms with Crippen LogP contribution in [0.2, 0.25) is 0 Å². The summed E-state index contributed by atoms with van der Waals surface area (Å²) in [5.41, 5.74) is 2.88. The molecule has 0 unspecified atom stereocenters. The van der Waals surface area contributed by atoms with Gasteiger partial charge in [0.1, 0.15) is 0 Å². The molecule has 0 spiro atoms. The van der Waals surface area contributed by atoms with Crippen molar-refractivity contribution in [2.45, 2.75) is 26.3 Å². The van der Waals surface area contributed by atoms with Gasteiger partial charge in [0.05, 0.1) is 6.26 Å². The van der Waals surface area contributed by atoms with Crippen LogP contribution in [-0.4, -0.2) is 11.1 Å². The van der Waals surface area contributed by atoms with Gasteiger partial charge in [-0.1, -0.05) is 32.0 Å². The Morgan fingerprint density at radius 1 is 1.32 bits per heavy atom. The first kappa shape index (κ1) is 13.2. The number of benzene rings is 1. The van der Waals surface area contributed by atoms with Crippen LogP contribution in [-0.2, 0) is 6.54 Å². The Hall–Kier alpha value is -2.23. The monoisotopic (exact) mass is 259 g/mol. The number of aromatic carboxylic acids is 1. The summed E-state index contributed by atoms with van der Waals surface area (Å²) in [5, 5.41) is 12.2. The molecule has 0 saturated heterocycles. The summed E-state index contributed by atoms with van der Waals surface area (Å²) in [6.45, 7) is 4.68. The largest absolute Gasteiger partial charge is 0.475 e. The third kappa shape index (κ3) is 2.96. The van der Waals surface area contributed by atoms with E-state index in [9.17, 15) is 4.79 Å². The van der Waals surface area contributed by atoms with Crippen LogP contribution in [0.15, 0.2) is 41.0 Å². The SMILES string of the molecule is CC(C)c1ccccc1NCc1ccoc1C(=O)O. The highest BCUT2D eigenvalue weighted by atomic mass is 16.4. The van der Waals surface area contributed by atoms with E-state index >= 15 is 0 Å². The van der Waals surface area contributed by atoms with Crippen LogP contribution in [0.4, 0.5) is 5.69 Å². The average molecular weight is 259 g/mol. The van der Waals surface area contributed by atoms with Crippen molar-refractivity contribution in [2.24, 2.45) is 0 Å². The van der Waals surface area contributed by atoms with Crippen molar-refractivity contribution in [2.75, 3.05) is 5.32 Å². The second kappa shape index (κ2) is 5.61. The minimum Gasteiger partial charge on any atom is -0.475 e. The topological polar surface area (TPSA) is 62.5 Å². The highest BCUT2D eigenvalue weighted by Gasteiger charge is 2.14. The van der Waals surface area contributed by atoms with Gasteiger partial charge in [-0.3, -0.25) is 0 Å². The predicted molar refractivity (Wildman–Crippen MR) is 73.5 cm³/mol. The summed E-state index contributed by atoms with van der Waals surface area (Å²) < 4.78 is 4.95. The van der Waals surface area contributed by atoms with Gasteiger partial charge < -0.3 is 14.8 Å². The molecule has 0 aliphatic rings. The number of rotatable bonds is 5. The van der Waals surface area contributed by atoms with Crippen LogP contribution in [0, 0.1) is 0 Å². The average Bonchev–Trinajstić information content (AvgIpc) is 2.85. The molecule has 0 atom stereocenters. The molecule has 0 fully saturated rings. The van der Waals surface area contributed by atoms with E-state index in [0.29, 0.717) is 18.0 Å². The molecule has 4 heteroatoms. The van der Waals surface area contributed by atoms with Crippen LogP contribution < -0.4 is 5.32 Å². The Balaban J connectivity index is 2.15. The molecule has 1 aromatic heterocycles. The van der Waals surface area contributed by atoms with Crippen molar-refractivity contribution < 1.29 is 14.3 Å². The molecule has 0 saturated carbocycles. The minimum absolute atomic E-state index is 0.00507. The maximum atomic E-state index is 10.9. The van der Waals surface area contributed by atoms with Gasteiger partial charge in [0.15, 0.2) is 0 Å². The maximum Gasteiger partial charge on any atom is 0.372 e. The van der Waals surface area contributed by atoms with Gasteiger partial charge in [-0.05, 0) is 23.6 Å². The molecular weight excluding hydrogens is 242 g/mol. The number of carboxylic acids is 1. The Labute approximate surface area is 112 Å². The van der Waals surface area contributed by atoms with E-state index in [1.807, 2.05) is 18.2 Å². The van der Waals surface area contributed by atoms with Gasteiger partial charge in [0.2, 0.25) is 5.76 Å². The number of nitrogens with one attached hydrogen (secondary N) is 1. The minimum atomic E-state index is -1.04. The summed E-state index contributed by atoms with van der Waals surface area (Å²) in [7, 11) is 0. The first-order valence-electron chi connectivity index (χ1n) is 6.22. The lowest BCUT2D eigenvalue weighted by molar-refractivity contribution is 0.0661. The van der Waals surface area contributed by atoms with Crippen molar-refractivity contribution >= 4 is 11.7 Å². The lowest BCUT2D eigenvalue weighted by Gasteiger charge is -2.14. The first-order valence-corrected chi connectivity index (χ1v) is 6.22. The van der Waals surface area contributed by atoms with Gasteiger partial charge in [0, 0.05) is 17.8 Å². The fourth-order valence-corrected chi connectivity index (χ4v) is 2.01. The van der Waals surface area contributed by atoms with E-state index in [1.165, 1.54) is 11.8 Å². The lowest BCUT2D eigenvalue weighted by Crippen LogP contribution is -2.06. The quantitative estimate of drug-likeness (QED) is 0.859. The number of hydrogen-bond donors (Lipinski definition) is 2. The summed E-state index contributed by atoms with van der Waals surface area (Å²) in [4.78, 5) is 10.9. The number of hydrogen-bond acceptors (Lipinski definition) is 3. The van der Waals surface area contributed by atoms with Crippen molar-refractivity contribution in [3.63, 3.8) is 0 Å². The van der Waals surface area contributed by atoms with Gasteiger partial charge >= 0.3 is 5.97 Å². The Morgan fingerprint density at radius 3 is 2.74 bits per heavy atom. The summed E-state index contributed by atoms with van der Waals surface area (Å²) in [6, 6.07) is 9.70. The van der Waals surface area contributed by atoms with Crippen molar-refractivity contribution in [3.8, 4) is 0 Å².